The molecule has 0 bridgehead atoms. The van der Waals surface area contributed by atoms with Gasteiger partial charge in [0.2, 0.25) is 0 Å². The van der Waals surface area contributed by atoms with Gasteiger partial charge in [-0.05, 0) is 0 Å². The van der Waals surface area contributed by atoms with E-state index in [9.17, 15) is 13.6 Å². The summed E-state index contributed by atoms with van der Waals surface area (Å²) >= 11 is 0. The standard InChI is InChI=1S/BF3O3.K.H/c2-5-1(6-3)7-4;;. The zero-order chi connectivity index (χ0) is 5.70. The molecule has 44 valence electrons. The van der Waals surface area contributed by atoms with Gasteiger partial charge in [-0.15, -0.1) is 0 Å². The van der Waals surface area contributed by atoms with Gasteiger partial charge >= 0.3 is 58.7 Å². The fraction of sp³-hybridized carbons (Fsp3) is 0. The van der Waals surface area contributed by atoms with Crippen LogP contribution in [0, 0.1) is 0 Å². The molecule has 0 heterocycles. The summed E-state index contributed by atoms with van der Waals surface area (Å²) in [5.74, 6) is 0. The third-order valence-corrected chi connectivity index (χ3v) is 0.218. The quantitative estimate of drug-likeness (QED) is 0.539. The summed E-state index contributed by atoms with van der Waals surface area (Å²) < 4.78 is 31.3. The van der Waals surface area contributed by atoms with E-state index in [1.807, 2.05) is 0 Å². The van der Waals surface area contributed by atoms with Crippen molar-refractivity contribution in [3.05, 3.63) is 0 Å². The van der Waals surface area contributed by atoms with Crippen LogP contribution in [0.25, 0.3) is 0 Å². The molecule has 0 aromatic rings. The first kappa shape index (κ1) is 12.1. The van der Waals surface area contributed by atoms with Gasteiger partial charge in [-0.2, -0.15) is 14.6 Å². The number of rotatable bonds is 3. The van der Waals surface area contributed by atoms with Gasteiger partial charge in [0.25, 0.3) is 0 Å². The molecule has 0 radical (unpaired) electrons. The monoisotopic (exact) mass is 156 g/mol. The Balaban J connectivity index is 0. The Morgan fingerprint density at radius 1 is 0.875 bits per heavy atom. The van der Waals surface area contributed by atoms with Crippen LogP contribution in [-0.4, -0.2) is 58.7 Å². The summed E-state index contributed by atoms with van der Waals surface area (Å²) in [6, 6.07) is 0. The molecule has 0 amide bonds. The van der Waals surface area contributed by atoms with E-state index < -0.39 is 7.32 Å². The van der Waals surface area contributed by atoms with Crippen molar-refractivity contribution >= 4 is 58.7 Å². The second kappa shape index (κ2) is 8.37. The Hall–Kier alpha value is 1.37. The Morgan fingerprint density at radius 2 is 1.12 bits per heavy atom. The first-order valence-corrected chi connectivity index (χ1v) is 1.17. The van der Waals surface area contributed by atoms with Crippen LogP contribution in [0.4, 0.5) is 13.6 Å². The van der Waals surface area contributed by atoms with E-state index >= 15 is 0 Å². The molecule has 8 heavy (non-hydrogen) atoms. The van der Waals surface area contributed by atoms with Gasteiger partial charge in [0.15, 0.2) is 0 Å². The van der Waals surface area contributed by atoms with Gasteiger partial charge < -0.3 is 0 Å². The molecule has 0 atom stereocenters. The Labute approximate surface area is 85.8 Å². The van der Waals surface area contributed by atoms with Crippen LogP contribution in [0.15, 0.2) is 0 Å². The van der Waals surface area contributed by atoms with Crippen molar-refractivity contribution < 1.29 is 28.2 Å². The SMILES string of the molecule is FOB(OF)OF.[KH]. The van der Waals surface area contributed by atoms with E-state index in [1.54, 1.807) is 0 Å². The van der Waals surface area contributed by atoms with E-state index in [-0.39, 0.29) is 51.4 Å². The van der Waals surface area contributed by atoms with E-state index in [1.165, 1.54) is 0 Å². The predicted molar refractivity (Wildman–Crippen MR) is 19.5 cm³/mol. The molecular weight excluding hydrogens is 155 g/mol. The van der Waals surface area contributed by atoms with Gasteiger partial charge in [0.05, 0.1) is 0 Å². The Bertz CT molecular complexity index is 36.0. The second-order valence-electron chi connectivity index (χ2n) is 0.556. The summed E-state index contributed by atoms with van der Waals surface area (Å²) in [5.41, 5.74) is 0. The molecule has 0 aliphatic heterocycles. The minimum absolute atomic E-state index is 0. The number of hydrogen-bond acceptors (Lipinski definition) is 3. The van der Waals surface area contributed by atoms with Crippen molar-refractivity contribution in [2.45, 2.75) is 0 Å². The van der Waals surface area contributed by atoms with Gasteiger partial charge in [-0.1, -0.05) is 13.6 Å². The predicted octanol–water partition coefficient (Wildman–Crippen LogP) is 0.0261. The molecule has 3 nitrogen and oxygen atoms in total. The van der Waals surface area contributed by atoms with Crippen LogP contribution in [0.3, 0.4) is 0 Å². The van der Waals surface area contributed by atoms with E-state index in [0.29, 0.717) is 0 Å². The zero-order valence-corrected chi connectivity index (χ0v) is 2.94. The van der Waals surface area contributed by atoms with Crippen LogP contribution in [0.5, 0.6) is 0 Å². The fourth-order valence-corrected chi connectivity index (χ4v) is 0.0412. The molecular formula is HBF3KO3. The van der Waals surface area contributed by atoms with E-state index in [2.05, 4.69) is 14.6 Å². The van der Waals surface area contributed by atoms with Crippen molar-refractivity contribution in [1.29, 1.82) is 0 Å². The van der Waals surface area contributed by atoms with Crippen LogP contribution < -0.4 is 0 Å². The van der Waals surface area contributed by atoms with Crippen LogP contribution in [-0.2, 0) is 14.6 Å². The van der Waals surface area contributed by atoms with Crippen molar-refractivity contribution in [2.75, 3.05) is 0 Å². The van der Waals surface area contributed by atoms with Gasteiger partial charge in [0.1, 0.15) is 0 Å². The van der Waals surface area contributed by atoms with Crippen molar-refractivity contribution in [2.24, 2.45) is 0 Å². The molecule has 0 unspecified atom stereocenters. The van der Waals surface area contributed by atoms with Crippen LogP contribution in [0.1, 0.15) is 0 Å². The molecule has 0 saturated carbocycles. The third kappa shape index (κ3) is 5.51. The van der Waals surface area contributed by atoms with Crippen molar-refractivity contribution in [3.8, 4) is 0 Å². The molecule has 0 aromatic heterocycles. The zero-order valence-electron chi connectivity index (χ0n) is 2.94. The number of hydrogen-bond donors (Lipinski definition) is 0. The second-order valence-corrected chi connectivity index (χ2v) is 0.556. The fourth-order valence-electron chi connectivity index (χ4n) is 0.0412. The van der Waals surface area contributed by atoms with E-state index in [0.717, 1.165) is 0 Å². The molecule has 0 rings (SSSR count). The molecule has 0 saturated heterocycles. The van der Waals surface area contributed by atoms with Crippen molar-refractivity contribution in [1.82, 2.24) is 0 Å². The van der Waals surface area contributed by atoms with E-state index in [4.69, 9.17) is 0 Å². The van der Waals surface area contributed by atoms with Gasteiger partial charge in [0, 0.05) is 0 Å². The Kier molecular flexibility index (Phi) is 12.6. The molecule has 8 heteroatoms. The van der Waals surface area contributed by atoms with Gasteiger partial charge in [-0.3, -0.25) is 0 Å². The Morgan fingerprint density at radius 3 is 1.12 bits per heavy atom. The maximum atomic E-state index is 10.4. The summed E-state index contributed by atoms with van der Waals surface area (Å²) in [4.78, 5) is 7.06. The molecule has 0 aliphatic carbocycles. The summed E-state index contributed by atoms with van der Waals surface area (Å²) in [5, 5.41) is 0. The van der Waals surface area contributed by atoms with Crippen molar-refractivity contribution in [3.63, 3.8) is 0 Å². The molecule has 0 fully saturated rings. The molecule has 0 spiro atoms. The minimum atomic E-state index is -2.51. The summed E-state index contributed by atoms with van der Waals surface area (Å²) in [6.45, 7) is 0. The van der Waals surface area contributed by atoms with Gasteiger partial charge in [-0.25, -0.2) is 0 Å². The first-order chi connectivity index (χ1) is 3.35. The first-order valence-electron chi connectivity index (χ1n) is 1.17. The average molecular weight is 156 g/mol. The van der Waals surface area contributed by atoms with Crippen LogP contribution >= 0.6 is 0 Å². The summed E-state index contributed by atoms with van der Waals surface area (Å²) in [7, 11) is -2.51. The number of halogens is 3. The normalized spacial score (nSPS) is 7.88. The molecule has 0 N–H and O–H groups in total. The third-order valence-electron chi connectivity index (χ3n) is 0.218. The summed E-state index contributed by atoms with van der Waals surface area (Å²) in [6.07, 6.45) is 0. The topological polar surface area (TPSA) is 27.7 Å². The molecule has 0 aliphatic rings. The maximum absolute atomic E-state index is 10.4. The molecule has 0 aromatic carbocycles. The average Bonchev–Trinajstić information content (AvgIpc) is 1.72. The van der Waals surface area contributed by atoms with Crippen LogP contribution in [0.2, 0.25) is 0 Å².